The number of unbranched alkanes of at least 4 members (excludes halogenated alkanes) is 2. The number of rotatable bonds is 10. The third-order valence-corrected chi connectivity index (χ3v) is 6.13. The third-order valence-electron chi connectivity index (χ3n) is 4.18. The van der Waals surface area contributed by atoms with Crippen molar-refractivity contribution < 1.29 is 13.3 Å². The van der Waals surface area contributed by atoms with E-state index in [0.717, 1.165) is 24.8 Å². The lowest BCUT2D eigenvalue weighted by atomic mass is 10.1. The van der Waals surface area contributed by atoms with Crippen LogP contribution in [-0.2, 0) is 16.4 Å². The quantitative estimate of drug-likeness (QED) is 0.356. The molecule has 0 amide bonds. The summed E-state index contributed by atoms with van der Waals surface area (Å²) < 4.78 is 27.6. The number of sulfonamides is 1. The van der Waals surface area contributed by atoms with E-state index in [4.69, 9.17) is 0 Å². The fourth-order valence-electron chi connectivity index (χ4n) is 2.75. The maximum atomic E-state index is 13.1. The van der Waals surface area contributed by atoms with Crippen molar-refractivity contribution in [3.05, 3.63) is 70.3 Å². The molecule has 0 bridgehead atoms. The lowest BCUT2D eigenvalue weighted by molar-refractivity contribution is -0.387. The summed E-state index contributed by atoms with van der Waals surface area (Å²) in [6, 6.07) is 15.2. The van der Waals surface area contributed by atoms with E-state index in [0.29, 0.717) is 19.5 Å². The monoisotopic (exact) mass is 376 g/mol. The Labute approximate surface area is 154 Å². The second-order valence-electron chi connectivity index (χ2n) is 6.07. The largest absolute Gasteiger partial charge is 0.289 e. The van der Waals surface area contributed by atoms with Crippen LogP contribution in [0, 0.1) is 10.1 Å². The average molecular weight is 376 g/mol. The SMILES string of the molecule is CCCCCN(CCc1ccccc1)S(=O)(=O)c1ccccc1[N+](=O)[O-]. The molecular formula is C19H24N2O4S. The maximum Gasteiger partial charge on any atom is 0.289 e. The number of nitrogens with zero attached hydrogens (tertiary/aromatic N) is 2. The second-order valence-corrected chi connectivity index (χ2v) is 7.98. The van der Waals surface area contributed by atoms with Crippen molar-refractivity contribution in [2.24, 2.45) is 0 Å². The first-order valence-electron chi connectivity index (χ1n) is 8.74. The Morgan fingerprint density at radius 1 is 0.962 bits per heavy atom. The maximum absolute atomic E-state index is 13.1. The molecule has 0 aliphatic heterocycles. The van der Waals surface area contributed by atoms with Gasteiger partial charge in [-0.15, -0.1) is 0 Å². The summed E-state index contributed by atoms with van der Waals surface area (Å²) in [6.45, 7) is 2.70. The fraction of sp³-hybridized carbons (Fsp3) is 0.368. The van der Waals surface area contributed by atoms with Gasteiger partial charge in [-0.2, -0.15) is 4.31 Å². The van der Waals surface area contributed by atoms with Gasteiger partial charge in [0.2, 0.25) is 10.0 Å². The van der Waals surface area contributed by atoms with E-state index in [2.05, 4.69) is 0 Å². The van der Waals surface area contributed by atoms with Crippen molar-refractivity contribution in [1.82, 2.24) is 4.31 Å². The van der Waals surface area contributed by atoms with Crippen LogP contribution in [0.25, 0.3) is 0 Å². The predicted molar refractivity (Wildman–Crippen MR) is 102 cm³/mol. The highest BCUT2D eigenvalue weighted by Crippen LogP contribution is 2.26. The van der Waals surface area contributed by atoms with Crippen LogP contribution in [-0.4, -0.2) is 30.7 Å². The van der Waals surface area contributed by atoms with Crippen molar-refractivity contribution in [2.75, 3.05) is 13.1 Å². The minimum atomic E-state index is -3.94. The van der Waals surface area contributed by atoms with Gasteiger partial charge in [0.1, 0.15) is 0 Å². The highest BCUT2D eigenvalue weighted by molar-refractivity contribution is 7.89. The van der Waals surface area contributed by atoms with Crippen molar-refractivity contribution in [1.29, 1.82) is 0 Å². The van der Waals surface area contributed by atoms with Gasteiger partial charge in [0.05, 0.1) is 4.92 Å². The van der Waals surface area contributed by atoms with Gasteiger partial charge in [-0.05, 0) is 24.5 Å². The Kier molecular flexibility index (Phi) is 7.29. The summed E-state index contributed by atoms with van der Waals surface area (Å²) in [4.78, 5) is 10.4. The first-order chi connectivity index (χ1) is 12.5. The van der Waals surface area contributed by atoms with E-state index in [1.54, 1.807) is 0 Å². The molecule has 0 unspecified atom stereocenters. The van der Waals surface area contributed by atoms with E-state index in [1.165, 1.54) is 28.6 Å². The van der Waals surface area contributed by atoms with E-state index in [1.807, 2.05) is 37.3 Å². The molecule has 2 aromatic rings. The molecule has 0 spiro atoms. The molecule has 0 saturated heterocycles. The van der Waals surface area contributed by atoms with Crippen LogP contribution >= 0.6 is 0 Å². The summed E-state index contributed by atoms with van der Waals surface area (Å²) >= 11 is 0. The number of hydrogen-bond acceptors (Lipinski definition) is 4. The zero-order valence-corrected chi connectivity index (χ0v) is 15.7. The van der Waals surface area contributed by atoms with Gasteiger partial charge in [-0.25, -0.2) is 8.42 Å². The molecule has 26 heavy (non-hydrogen) atoms. The van der Waals surface area contributed by atoms with Crippen LogP contribution in [0.3, 0.4) is 0 Å². The minimum Gasteiger partial charge on any atom is -0.258 e. The summed E-state index contributed by atoms with van der Waals surface area (Å²) in [5.74, 6) is 0. The van der Waals surface area contributed by atoms with Crippen LogP contribution in [0.1, 0.15) is 31.7 Å². The molecule has 0 aromatic heterocycles. The lowest BCUT2D eigenvalue weighted by Gasteiger charge is -2.22. The molecule has 2 rings (SSSR count). The van der Waals surface area contributed by atoms with Crippen LogP contribution in [0.15, 0.2) is 59.5 Å². The first-order valence-corrected chi connectivity index (χ1v) is 10.2. The Morgan fingerprint density at radius 3 is 2.27 bits per heavy atom. The zero-order valence-electron chi connectivity index (χ0n) is 14.9. The fourth-order valence-corrected chi connectivity index (χ4v) is 4.39. The van der Waals surface area contributed by atoms with Gasteiger partial charge >= 0.3 is 0 Å². The molecule has 6 nitrogen and oxygen atoms in total. The molecule has 0 N–H and O–H groups in total. The first kappa shape index (κ1) is 20.1. The molecule has 0 aliphatic rings. The number of para-hydroxylation sites is 1. The van der Waals surface area contributed by atoms with E-state index in [9.17, 15) is 18.5 Å². The van der Waals surface area contributed by atoms with Gasteiger partial charge in [-0.1, -0.05) is 62.2 Å². The second kappa shape index (κ2) is 9.45. The van der Waals surface area contributed by atoms with Crippen LogP contribution in [0.5, 0.6) is 0 Å². The van der Waals surface area contributed by atoms with Crippen molar-refractivity contribution in [3.63, 3.8) is 0 Å². The zero-order chi connectivity index (χ0) is 19.0. The Hall–Kier alpha value is -2.25. The van der Waals surface area contributed by atoms with Gasteiger partial charge < -0.3 is 0 Å². The van der Waals surface area contributed by atoms with E-state index >= 15 is 0 Å². The highest BCUT2D eigenvalue weighted by atomic mass is 32.2. The summed E-state index contributed by atoms with van der Waals surface area (Å²) in [5.41, 5.74) is 0.651. The van der Waals surface area contributed by atoms with E-state index in [-0.39, 0.29) is 10.6 Å². The molecule has 0 aliphatic carbocycles. The molecule has 2 aromatic carbocycles. The van der Waals surface area contributed by atoms with Gasteiger partial charge in [0, 0.05) is 19.2 Å². The summed E-state index contributed by atoms with van der Waals surface area (Å²) in [7, 11) is -3.94. The molecule has 0 heterocycles. The number of hydrogen-bond donors (Lipinski definition) is 0. The van der Waals surface area contributed by atoms with Crippen molar-refractivity contribution in [3.8, 4) is 0 Å². The Balaban J connectivity index is 2.29. The molecule has 0 atom stereocenters. The molecule has 7 heteroatoms. The summed E-state index contributed by atoms with van der Waals surface area (Å²) in [6.07, 6.45) is 3.17. The average Bonchev–Trinajstić information content (AvgIpc) is 2.65. The molecule has 0 saturated carbocycles. The van der Waals surface area contributed by atoms with Crippen molar-refractivity contribution >= 4 is 15.7 Å². The third kappa shape index (κ3) is 5.12. The highest BCUT2D eigenvalue weighted by Gasteiger charge is 2.30. The van der Waals surface area contributed by atoms with E-state index < -0.39 is 14.9 Å². The lowest BCUT2D eigenvalue weighted by Crippen LogP contribution is -2.34. The number of nitro benzene ring substituents is 1. The predicted octanol–water partition coefficient (Wildman–Crippen LogP) is 4.02. The molecule has 0 fully saturated rings. The van der Waals surface area contributed by atoms with Gasteiger partial charge in [-0.3, -0.25) is 10.1 Å². The number of benzene rings is 2. The topological polar surface area (TPSA) is 80.5 Å². The molecule has 0 radical (unpaired) electrons. The molecule has 140 valence electrons. The van der Waals surface area contributed by atoms with Crippen molar-refractivity contribution in [2.45, 2.75) is 37.5 Å². The Bertz CT molecular complexity index is 822. The number of nitro groups is 1. The summed E-state index contributed by atoms with van der Waals surface area (Å²) in [5, 5.41) is 11.3. The van der Waals surface area contributed by atoms with Crippen LogP contribution in [0.2, 0.25) is 0 Å². The standard InChI is InChI=1S/C19H24N2O4S/c1-2-3-9-15-20(16-14-17-10-5-4-6-11-17)26(24,25)19-13-8-7-12-18(19)21(22)23/h4-8,10-13H,2-3,9,14-16H2,1H3. The van der Waals surface area contributed by atoms with Crippen LogP contribution < -0.4 is 0 Å². The minimum absolute atomic E-state index is 0.241. The molecular weight excluding hydrogens is 352 g/mol. The van der Waals surface area contributed by atoms with Gasteiger partial charge in [0.25, 0.3) is 5.69 Å². The normalized spacial score (nSPS) is 11.6. The Morgan fingerprint density at radius 2 is 1.62 bits per heavy atom. The van der Waals surface area contributed by atoms with Crippen LogP contribution in [0.4, 0.5) is 5.69 Å². The van der Waals surface area contributed by atoms with Gasteiger partial charge in [0.15, 0.2) is 4.90 Å². The smallest absolute Gasteiger partial charge is 0.258 e.